The Morgan fingerprint density at radius 3 is 2.64 bits per heavy atom. The Bertz CT molecular complexity index is 919. The van der Waals surface area contributed by atoms with E-state index in [0.717, 1.165) is 12.8 Å². The first-order valence-corrected chi connectivity index (χ1v) is 9.16. The van der Waals surface area contributed by atoms with Crippen LogP contribution >= 0.6 is 0 Å². The molecule has 1 fully saturated rings. The molecule has 8 nitrogen and oxygen atoms in total. The molecule has 0 atom stereocenters. The third-order valence-electron chi connectivity index (χ3n) is 4.70. The van der Waals surface area contributed by atoms with Gasteiger partial charge in [0.25, 0.3) is 5.91 Å². The van der Waals surface area contributed by atoms with Crippen molar-refractivity contribution in [1.29, 1.82) is 0 Å². The van der Waals surface area contributed by atoms with E-state index in [0.29, 0.717) is 36.1 Å². The molecule has 0 saturated carbocycles. The highest BCUT2D eigenvalue weighted by Gasteiger charge is 2.25. The summed E-state index contributed by atoms with van der Waals surface area (Å²) in [5.74, 6) is 1.81. The lowest BCUT2D eigenvalue weighted by atomic mass is 10.1. The van der Waals surface area contributed by atoms with Crippen molar-refractivity contribution in [2.24, 2.45) is 0 Å². The number of carbonyl (C=O) groups is 1. The third-order valence-corrected chi connectivity index (χ3v) is 4.70. The van der Waals surface area contributed by atoms with Crippen molar-refractivity contribution in [2.75, 3.05) is 20.2 Å². The summed E-state index contributed by atoms with van der Waals surface area (Å²) in [6, 6.07) is 12.7. The topological polar surface area (TPSA) is 82.4 Å². The molecule has 1 aliphatic rings. The van der Waals surface area contributed by atoms with Crippen LogP contribution in [-0.2, 0) is 0 Å². The minimum absolute atomic E-state index is 0.0132. The standard InChI is InChI=1S/C20H21N5O3/c1-27-17-5-2-4-15(14-17)20(26)24-12-8-16(9-13-24)28-19-7-6-18(22-23-19)25-11-3-10-21-25/h2-7,10-11,14,16H,8-9,12-13H2,1H3. The number of rotatable bonds is 5. The Kier molecular flexibility index (Phi) is 5.18. The van der Waals surface area contributed by atoms with Gasteiger partial charge in [0.05, 0.1) is 7.11 Å². The molecule has 0 radical (unpaired) electrons. The summed E-state index contributed by atoms with van der Waals surface area (Å²) in [7, 11) is 1.59. The average Bonchev–Trinajstić information content (AvgIpc) is 3.29. The first-order valence-electron chi connectivity index (χ1n) is 9.16. The number of hydrogen-bond donors (Lipinski definition) is 0. The summed E-state index contributed by atoms with van der Waals surface area (Å²) >= 11 is 0. The fraction of sp³-hybridized carbons (Fsp3) is 0.300. The summed E-state index contributed by atoms with van der Waals surface area (Å²) in [6.07, 6.45) is 5.00. The second-order valence-corrected chi connectivity index (χ2v) is 6.52. The van der Waals surface area contributed by atoms with E-state index in [9.17, 15) is 4.79 Å². The second kappa shape index (κ2) is 8.08. The predicted molar refractivity (Wildman–Crippen MR) is 102 cm³/mol. The Labute approximate surface area is 162 Å². The van der Waals surface area contributed by atoms with Gasteiger partial charge in [-0.1, -0.05) is 6.07 Å². The zero-order valence-electron chi connectivity index (χ0n) is 15.6. The lowest BCUT2D eigenvalue weighted by molar-refractivity contribution is 0.0585. The highest BCUT2D eigenvalue weighted by molar-refractivity contribution is 5.94. The maximum atomic E-state index is 12.7. The molecular formula is C20H21N5O3. The number of hydrogen-bond acceptors (Lipinski definition) is 6. The molecule has 28 heavy (non-hydrogen) atoms. The van der Waals surface area contributed by atoms with Crippen molar-refractivity contribution in [1.82, 2.24) is 24.9 Å². The number of likely N-dealkylation sites (tertiary alicyclic amines) is 1. The molecule has 1 saturated heterocycles. The van der Waals surface area contributed by atoms with E-state index in [1.807, 2.05) is 35.2 Å². The highest BCUT2D eigenvalue weighted by Crippen LogP contribution is 2.20. The fourth-order valence-corrected chi connectivity index (χ4v) is 3.19. The first-order chi connectivity index (χ1) is 13.7. The van der Waals surface area contributed by atoms with Crippen LogP contribution in [0.2, 0.25) is 0 Å². The molecular weight excluding hydrogens is 358 g/mol. The van der Waals surface area contributed by atoms with Crippen LogP contribution in [0.1, 0.15) is 23.2 Å². The van der Waals surface area contributed by atoms with Crippen molar-refractivity contribution >= 4 is 5.91 Å². The van der Waals surface area contributed by atoms with E-state index in [-0.39, 0.29) is 12.0 Å². The van der Waals surface area contributed by atoms with Gasteiger partial charge < -0.3 is 14.4 Å². The van der Waals surface area contributed by atoms with Crippen molar-refractivity contribution < 1.29 is 14.3 Å². The summed E-state index contributed by atoms with van der Waals surface area (Å²) in [4.78, 5) is 14.5. The van der Waals surface area contributed by atoms with E-state index in [4.69, 9.17) is 9.47 Å². The van der Waals surface area contributed by atoms with Crippen molar-refractivity contribution in [3.63, 3.8) is 0 Å². The van der Waals surface area contributed by atoms with Gasteiger partial charge in [0.1, 0.15) is 11.9 Å². The minimum atomic E-state index is 0.0132. The molecule has 0 bridgehead atoms. The Morgan fingerprint density at radius 2 is 1.96 bits per heavy atom. The van der Waals surface area contributed by atoms with Crippen molar-refractivity contribution in [3.05, 3.63) is 60.4 Å². The van der Waals surface area contributed by atoms with Gasteiger partial charge in [-0.3, -0.25) is 4.79 Å². The number of amides is 1. The molecule has 3 heterocycles. The van der Waals surface area contributed by atoms with Gasteiger partial charge in [0.15, 0.2) is 5.82 Å². The number of aromatic nitrogens is 4. The Hall–Kier alpha value is -3.42. The summed E-state index contributed by atoms with van der Waals surface area (Å²) in [6.45, 7) is 1.28. The molecule has 1 aliphatic heterocycles. The highest BCUT2D eigenvalue weighted by atomic mass is 16.5. The molecule has 8 heteroatoms. The van der Waals surface area contributed by atoms with Gasteiger partial charge in [-0.25, -0.2) is 4.68 Å². The van der Waals surface area contributed by atoms with Crippen LogP contribution in [0.3, 0.4) is 0 Å². The van der Waals surface area contributed by atoms with Crippen molar-refractivity contribution in [3.8, 4) is 17.4 Å². The van der Waals surface area contributed by atoms with Crippen LogP contribution in [-0.4, -0.2) is 57.1 Å². The second-order valence-electron chi connectivity index (χ2n) is 6.52. The molecule has 4 rings (SSSR count). The summed E-state index contributed by atoms with van der Waals surface area (Å²) < 4.78 is 12.8. The van der Waals surface area contributed by atoms with Gasteiger partial charge >= 0.3 is 0 Å². The van der Waals surface area contributed by atoms with Crippen LogP contribution in [0.4, 0.5) is 0 Å². The number of methoxy groups -OCH3 is 1. The van der Waals surface area contributed by atoms with Crippen LogP contribution in [0, 0.1) is 0 Å². The Morgan fingerprint density at radius 1 is 1.11 bits per heavy atom. The third kappa shape index (κ3) is 3.95. The predicted octanol–water partition coefficient (Wildman–Crippen LogP) is 2.35. The van der Waals surface area contributed by atoms with E-state index < -0.39 is 0 Å². The van der Waals surface area contributed by atoms with E-state index >= 15 is 0 Å². The number of benzene rings is 1. The SMILES string of the molecule is COc1cccc(C(=O)N2CCC(Oc3ccc(-n4cccn4)nn3)CC2)c1. The molecule has 144 valence electrons. The average molecular weight is 379 g/mol. The maximum Gasteiger partial charge on any atom is 0.253 e. The van der Waals surface area contributed by atoms with Gasteiger partial charge in [0, 0.05) is 50.0 Å². The minimum Gasteiger partial charge on any atom is -0.497 e. The largest absolute Gasteiger partial charge is 0.497 e. The zero-order chi connectivity index (χ0) is 19.3. The number of nitrogens with zero attached hydrogens (tertiary/aromatic N) is 5. The monoisotopic (exact) mass is 379 g/mol. The summed E-state index contributed by atoms with van der Waals surface area (Å²) in [5.41, 5.74) is 0.638. The van der Waals surface area contributed by atoms with Crippen LogP contribution in [0.5, 0.6) is 11.6 Å². The number of carbonyl (C=O) groups excluding carboxylic acids is 1. The summed E-state index contributed by atoms with van der Waals surface area (Å²) in [5, 5.41) is 12.4. The Balaban J connectivity index is 1.32. The normalized spacial score (nSPS) is 14.7. The molecule has 3 aromatic rings. The maximum absolute atomic E-state index is 12.7. The molecule has 1 aromatic carbocycles. The van der Waals surface area contributed by atoms with Crippen LogP contribution < -0.4 is 9.47 Å². The molecule has 0 N–H and O–H groups in total. The van der Waals surface area contributed by atoms with Gasteiger partial charge in [-0.2, -0.15) is 5.10 Å². The van der Waals surface area contributed by atoms with E-state index in [1.54, 1.807) is 36.3 Å². The molecule has 1 amide bonds. The fourth-order valence-electron chi connectivity index (χ4n) is 3.19. The lowest BCUT2D eigenvalue weighted by Crippen LogP contribution is -2.41. The quantitative estimate of drug-likeness (QED) is 0.677. The van der Waals surface area contributed by atoms with Gasteiger partial charge in [0.2, 0.25) is 5.88 Å². The number of piperidine rings is 1. The van der Waals surface area contributed by atoms with Gasteiger partial charge in [-0.15, -0.1) is 10.2 Å². The molecule has 2 aromatic heterocycles. The van der Waals surface area contributed by atoms with E-state index in [1.165, 1.54) is 0 Å². The van der Waals surface area contributed by atoms with E-state index in [2.05, 4.69) is 15.3 Å². The lowest BCUT2D eigenvalue weighted by Gasteiger charge is -2.32. The first kappa shape index (κ1) is 18.0. The van der Waals surface area contributed by atoms with Gasteiger partial charge in [-0.05, 0) is 30.3 Å². The smallest absolute Gasteiger partial charge is 0.253 e. The number of ether oxygens (including phenoxy) is 2. The van der Waals surface area contributed by atoms with Crippen molar-refractivity contribution in [2.45, 2.75) is 18.9 Å². The molecule has 0 aliphatic carbocycles. The van der Waals surface area contributed by atoms with Crippen LogP contribution in [0.25, 0.3) is 5.82 Å². The molecule has 0 spiro atoms. The molecule has 0 unspecified atom stereocenters. The van der Waals surface area contributed by atoms with Crippen LogP contribution in [0.15, 0.2) is 54.9 Å². The zero-order valence-corrected chi connectivity index (χ0v) is 15.6.